The molecule has 0 saturated heterocycles. The highest BCUT2D eigenvalue weighted by Crippen LogP contribution is 2.05. The Bertz CT molecular complexity index is 491. The second-order valence-corrected chi connectivity index (χ2v) is 6.79. The SMILES string of the molecule is CSCC[C@H](NC(=O)[C@@H](N)CC(N)=O)C(=O)N[C@@H](CCCCN)C(=O)O. The molecule has 0 unspecified atom stereocenters. The van der Waals surface area contributed by atoms with Crippen LogP contribution < -0.4 is 27.8 Å². The molecule has 0 aromatic carbocycles. The van der Waals surface area contributed by atoms with Gasteiger partial charge in [-0.2, -0.15) is 11.8 Å². The number of carboxylic acids is 1. The van der Waals surface area contributed by atoms with Crippen LogP contribution in [0.4, 0.5) is 0 Å². The van der Waals surface area contributed by atoms with Crippen LogP contribution in [0, 0.1) is 0 Å². The molecule has 0 bridgehead atoms. The maximum absolute atomic E-state index is 12.4. The van der Waals surface area contributed by atoms with Gasteiger partial charge in [-0.15, -0.1) is 0 Å². The highest BCUT2D eigenvalue weighted by molar-refractivity contribution is 7.98. The number of primary amides is 1. The summed E-state index contributed by atoms with van der Waals surface area (Å²) in [5.41, 5.74) is 16.0. The van der Waals surface area contributed by atoms with Gasteiger partial charge in [0.15, 0.2) is 0 Å². The standard InChI is InChI=1S/C15H29N5O5S/c1-26-7-5-10(19-13(22)9(17)8-12(18)21)14(23)20-11(15(24)25)4-2-3-6-16/h9-11H,2-8,16-17H2,1H3,(H2,18,21)(H,19,22)(H,20,23)(H,24,25)/t9-,10-,11-/m0/s1. The first-order valence-electron chi connectivity index (χ1n) is 8.29. The number of amides is 3. The lowest BCUT2D eigenvalue weighted by Gasteiger charge is -2.22. The van der Waals surface area contributed by atoms with Gasteiger partial charge < -0.3 is 32.9 Å². The monoisotopic (exact) mass is 391 g/mol. The minimum Gasteiger partial charge on any atom is -0.480 e. The molecule has 11 heteroatoms. The van der Waals surface area contributed by atoms with Crippen molar-refractivity contribution in [3.8, 4) is 0 Å². The third-order valence-electron chi connectivity index (χ3n) is 3.56. The second kappa shape index (κ2) is 13.4. The van der Waals surface area contributed by atoms with Gasteiger partial charge in [0.25, 0.3) is 0 Å². The molecule has 0 aromatic heterocycles. The summed E-state index contributed by atoms with van der Waals surface area (Å²) >= 11 is 1.47. The minimum absolute atomic E-state index is 0.239. The fraction of sp³-hybridized carbons (Fsp3) is 0.733. The molecule has 0 aliphatic heterocycles. The molecular weight excluding hydrogens is 362 g/mol. The summed E-state index contributed by atoms with van der Waals surface area (Å²) in [5.74, 6) is -2.63. The van der Waals surface area contributed by atoms with Crippen LogP contribution in [0.15, 0.2) is 0 Å². The summed E-state index contributed by atoms with van der Waals surface area (Å²) in [6, 6.07) is -3.19. The van der Waals surface area contributed by atoms with Crippen molar-refractivity contribution in [2.45, 2.75) is 50.2 Å². The topological polar surface area (TPSA) is 191 Å². The Balaban J connectivity index is 4.90. The van der Waals surface area contributed by atoms with Crippen molar-refractivity contribution in [1.29, 1.82) is 0 Å². The Morgan fingerprint density at radius 3 is 2.15 bits per heavy atom. The van der Waals surface area contributed by atoms with Gasteiger partial charge >= 0.3 is 5.97 Å². The molecule has 26 heavy (non-hydrogen) atoms. The molecule has 3 amide bonds. The van der Waals surface area contributed by atoms with Gasteiger partial charge in [-0.3, -0.25) is 14.4 Å². The molecule has 0 aromatic rings. The van der Waals surface area contributed by atoms with E-state index < -0.39 is 41.8 Å². The lowest BCUT2D eigenvalue weighted by Crippen LogP contribution is -2.55. The molecule has 0 spiro atoms. The number of hydrogen-bond donors (Lipinski definition) is 6. The molecule has 0 aliphatic carbocycles. The van der Waals surface area contributed by atoms with E-state index in [2.05, 4.69) is 10.6 Å². The Kier molecular flexibility index (Phi) is 12.4. The average Bonchev–Trinajstić information content (AvgIpc) is 2.56. The van der Waals surface area contributed by atoms with E-state index in [0.29, 0.717) is 25.1 Å². The summed E-state index contributed by atoms with van der Waals surface area (Å²) in [4.78, 5) is 46.6. The van der Waals surface area contributed by atoms with Crippen molar-refractivity contribution in [2.24, 2.45) is 17.2 Å². The molecule has 0 heterocycles. The van der Waals surface area contributed by atoms with Crippen molar-refractivity contribution in [1.82, 2.24) is 10.6 Å². The van der Waals surface area contributed by atoms with Gasteiger partial charge in [0.2, 0.25) is 17.7 Å². The number of carbonyl (C=O) groups is 4. The Morgan fingerprint density at radius 1 is 1.04 bits per heavy atom. The zero-order valence-electron chi connectivity index (χ0n) is 14.9. The number of nitrogens with two attached hydrogens (primary N) is 3. The first-order valence-corrected chi connectivity index (χ1v) is 9.68. The van der Waals surface area contributed by atoms with Gasteiger partial charge in [0, 0.05) is 0 Å². The number of carbonyl (C=O) groups excluding carboxylic acids is 3. The lowest BCUT2D eigenvalue weighted by molar-refractivity contribution is -0.142. The number of nitrogens with one attached hydrogen (secondary N) is 2. The molecule has 150 valence electrons. The van der Waals surface area contributed by atoms with Crippen molar-refractivity contribution >= 4 is 35.5 Å². The third-order valence-corrected chi connectivity index (χ3v) is 4.21. The van der Waals surface area contributed by atoms with Crippen LogP contribution in [-0.4, -0.2) is 65.5 Å². The van der Waals surface area contributed by atoms with E-state index in [-0.39, 0.29) is 19.3 Å². The van der Waals surface area contributed by atoms with Crippen LogP contribution in [0.1, 0.15) is 32.1 Å². The van der Waals surface area contributed by atoms with Crippen molar-refractivity contribution < 1.29 is 24.3 Å². The van der Waals surface area contributed by atoms with Crippen LogP contribution in [0.25, 0.3) is 0 Å². The number of unbranched alkanes of at least 4 members (excludes halogenated alkanes) is 1. The zero-order valence-corrected chi connectivity index (χ0v) is 15.7. The van der Waals surface area contributed by atoms with E-state index in [1.165, 1.54) is 11.8 Å². The number of hydrogen-bond acceptors (Lipinski definition) is 7. The summed E-state index contributed by atoms with van der Waals surface area (Å²) < 4.78 is 0. The molecular formula is C15H29N5O5S. The predicted molar refractivity (Wildman–Crippen MR) is 99.2 cm³/mol. The molecule has 0 radical (unpaired) electrons. The lowest BCUT2D eigenvalue weighted by atomic mass is 10.1. The summed E-state index contributed by atoms with van der Waals surface area (Å²) in [5, 5.41) is 14.1. The van der Waals surface area contributed by atoms with Crippen molar-refractivity contribution in [3.05, 3.63) is 0 Å². The quantitative estimate of drug-likeness (QED) is 0.185. The Hall–Kier alpha value is -1.85. The van der Waals surface area contributed by atoms with E-state index in [1.54, 1.807) is 0 Å². The van der Waals surface area contributed by atoms with Gasteiger partial charge in [-0.1, -0.05) is 0 Å². The first kappa shape index (κ1) is 24.1. The van der Waals surface area contributed by atoms with E-state index in [0.717, 1.165) is 0 Å². The molecule has 0 fully saturated rings. The van der Waals surface area contributed by atoms with Crippen LogP contribution in [0.2, 0.25) is 0 Å². The van der Waals surface area contributed by atoms with E-state index >= 15 is 0 Å². The van der Waals surface area contributed by atoms with E-state index in [4.69, 9.17) is 17.2 Å². The average molecular weight is 391 g/mol. The second-order valence-electron chi connectivity index (χ2n) is 5.80. The van der Waals surface area contributed by atoms with Crippen LogP contribution in [-0.2, 0) is 19.2 Å². The first-order chi connectivity index (χ1) is 12.2. The van der Waals surface area contributed by atoms with Gasteiger partial charge in [0.1, 0.15) is 12.1 Å². The maximum atomic E-state index is 12.4. The summed E-state index contributed by atoms with van der Waals surface area (Å²) in [6.45, 7) is 0.435. The number of thioether (sulfide) groups is 1. The fourth-order valence-electron chi connectivity index (χ4n) is 2.12. The molecule has 3 atom stereocenters. The third kappa shape index (κ3) is 10.2. The predicted octanol–water partition coefficient (Wildman–Crippen LogP) is -1.87. The zero-order chi connectivity index (χ0) is 20.1. The van der Waals surface area contributed by atoms with E-state index in [1.807, 2.05) is 6.26 Å². The molecule has 0 aliphatic rings. The van der Waals surface area contributed by atoms with Crippen molar-refractivity contribution in [3.63, 3.8) is 0 Å². The number of carboxylic acid groups (broad SMARTS) is 1. The fourth-order valence-corrected chi connectivity index (χ4v) is 2.59. The smallest absolute Gasteiger partial charge is 0.326 e. The van der Waals surface area contributed by atoms with Gasteiger partial charge in [0.05, 0.1) is 12.5 Å². The Morgan fingerprint density at radius 2 is 1.65 bits per heavy atom. The molecule has 10 nitrogen and oxygen atoms in total. The van der Waals surface area contributed by atoms with Crippen LogP contribution >= 0.6 is 11.8 Å². The minimum atomic E-state index is -1.17. The number of aliphatic carboxylic acids is 1. The van der Waals surface area contributed by atoms with Crippen molar-refractivity contribution in [2.75, 3.05) is 18.6 Å². The van der Waals surface area contributed by atoms with Crippen LogP contribution in [0.3, 0.4) is 0 Å². The van der Waals surface area contributed by atoms with Crippen LogP contribution in [0.5, 0.6) is 0 Å². The summed E-state index contributed by atoms with van der Waals surface area (Å²) in [7, 11) is 0. The number of rotatable bonds is 14. The van der Waals surface area contributed by atoms with Gasteiger partial charge in [-0.25, -0.2) is 4.79 Å². The highest BCUT2D eigenvalue weighted by atomic mass is 32.2. The van der Waals surface area contributed by atoms with Gasteiger partial charge in [-0.05, 0) is 44.2 Å². The molecule has 9 N–H and O–H groups in total. The normalized spacial score (nSPS) is 14.1. The molecule has 0 saturated carbocycles. The van der Waals surface area contributed by atoms with E-state index in [9.17, 15) is 24.3 Å². The summed E-state index contributed by atoms with van der Waals surface area (Å²) in [6.07, 6.45) is 3.22. The Labute approximate surface area is 157 Å². The highest BCUT2D eigenvalue weighted by Gasteiger charge is 2.27. The largest absolute Gasteiger partial charge is 0.480 e. The molecule has 0 rings (SSSR count). The maximum Gasteiger partial charge on any atom is 0.326 e.